The third kappa shape index (κ3) is 6.00. The van der Waals surface area contributed by atoms with E-state index in [2.05, 4.69) is 229 Å². The molecular weight excluding hydrogens is 703 g/mol. The minimum absolute atomic E-state index is 0.887. The van der Waals surface area contributed by atoms with Gasteiger partial charge in [-0.1, -0.05) is 158 Å². The van der Waals surface area contributed by atoms with Gasteiger partial charge in [0, 0.05) is 33.2 Å². The molecule has 2 nitrogen and oxygen atoms in total. The summed E-state index contributed by atoms with van der Waals surface area (Å²) in [6, 6.07) is 80.6. The first kappa shape index (κ1) is 33.6. The van der Waals surface area contributed by atoms with Crippen LogP contribution >= 0.6 is 0 Å². The van der Waals surface area contributed by atoms with Gasteiger partial charge in [-0.15, -0.1) is 0 Å². The van der Waals surface area contributed by atoms with E-state index in [0.29, 0.717) is 0 Å². The number of para-hydroxylation sites is 1. The van der Waals surface area contributed by atoms with Crippen molar-refractivity contribution < 1.29 is 4.42 Å². The van der Waals surface area contributed by atoms with Crippen LogP contribution in [0.5, 0.6) is 0 Å². The minimum Gasteiger partial charge on any atom is -0.455 e. The van der Waals surface area contributed by atoms with Crippen LogP contribution in [0.2, 0.25) is 0 Å². The summed E-state index contributed by atoms with van der Waals surface area (Å²) in [5.41, 5.74) is 14.6. The predicted molar refractivity (Wildman–Crippen MR) is 245 cm³/mol. The molecule has 0 amide bonds. The average Bonchev–Trinajstić information content (AvgIpc) is 3.68. The first-order chi connectivity index (χ1) is 28.7. The average molecular weight is 740 g/mol. The molecule has 0 atom stereocenters. The van der Waals surface area contributed by atoms with E-state index in [0.717, 1.165) is 55.5 Å². The molecule has 10 aromatic carbocycles. The summed E-state index contributed by atoms with van der Waals surface area (Å²) in [6.07, 6.45) is 0. The standard InChI is InChI=1S/C56H37NO/c1-3-12-38(13-4-1)43-16-11-17-46(35-43)52-37-54-53-36-45(28-33-55(53)58-56(54)51-21-10-9-20-50(51)52)41-26-31-49(32-27-41)57(47-18-5-2-6-19-47)48-29-24-40(25-30-48)44-23-22-39-14-7-8-15-42(39)34-44/h1-37H. The fourth-order valence-electron chi connectivity index (χ4n) is 8.51. The Labute approximate surface area is 337 Å². The van der Waals surface area contributed by atoms with Crippen LogP contribution in [0.4, 0.5) is 17.1 Å². The van der Waals surface area contributed by atoms with Gasteiger partial charge < -0.3 is 9.32 Å². The van der Waals surface area contributed by atoms with Gasteiger partial charge in [-0.2, -0.15) is 0 Å². The fourth-order valence-corrected chi connectivity index (χ4v) is 8.51. The predicted octanol–water partition coefficient (Wildman–Crippen LogP) is 16.0. The van der Waals surface area contributed by atoms with Crippen LogP contribution in [-0.4, -0.2) is 0 Å². The molecule has 11 rings (SSSR count). The summed E-state index contributed by atoms with van der Waals surface area (Å²) < 4.78 is 6.64. The van der Waals surface area contributed by atoms with E-state index in [1.54, 1.807) is 0 Å². The molecule has 0 aliphatic heterocycles. The van der Waals surface area contributed by atoms with Gasteiger partial charge in [0.25, 0.3) is 0 Å². The van der Waals surface area contributed by atoms with Crippen LogP contribution < -0.4 is 4.90 Å². The zero-order valence-corrected chi connectivity index (χ0v) is 31.7. The number of rotatable bonds is 7. The first-order valence-corrected chi connectivity index (χ1v) is 19.8. The number of fused-ring (bicyclic) bond motifs is 6. The molecule has 2 heteroatoms. The summed E-state index contributed by atoms with van der Waals surface area (Å²) >= 11 is 0. The van der Waals surface area contributed by atoms with E-state index in [1.165, 1.54) is 49.5 Å². The number of anilines is 3. The number of hydrogen-bond donors (Lipinski definition) is 0. The monoisotopic (exact) mass is 739 g/mol. The largest absolute Gasteiger partial charge is 0.455 e. The molecule has 1 heterocycles. The maximum absolute atomic E-state index is 6.64. The number of furan rings is 1. The Hall–Kier alpha value is -7.68. The Morgan fingerprint density at radius 2 is 0.793 bits per heavy atom. The van der Waals surface area contributed by atoms with Gasteiger partial charge in [0.2, 0.25) is 0 Å². The summed E-state index contributed by atoms with van der Waals surface area (Å²) in [7, 11) is 0. The van der Waals surface area contributed by atoms with E-state index in [1.807, 2.05) is 0 Å². The lowest BCUT2D eigenvalue weighted by Crippen LogP contribution is -2.09. The van der Waals surface area contributed by atoms with Gasteiger partial charge in [0.1, 0.15) is 11.2 Å². The molecule has 0 N–H and O–H groups in total. The van der Waals surface area contributed by atoms with Gasteiger partial charge in [0.05, 0.1) is 0 Å². The molecule has 58 heavy (non-hydrogen) atoms. The number of nitrogens with zero attached hydrogens (tertiary/aromatic N) is 1. The fraction of sp³-hybridized carbons (Fsp3) is 0. The second-order valence-electron chi connectivity index (χ2n) is 14.9. The van der Waals surface area contributed by atoms with E-state index < -0.39 is 0 Å². The Morgan fingerprint density at radius 1 is 0.276 bits per heavy atom. The van der Waals surface area contributed by atoms with Crippen molar-refractivity contribution in [1.82, 2.24) is 0 Å². The minimum atomic E-state index is 0.887. The molecule has 0 aliphatic carbocycles. The Morgan fingerprint density at radius 3 is 1.53 bits per heavy atom. The van der Waals surface area contributed by atoms with Crippen LogP contribution in [-0.2, 0) is 0 Å². The normalized spacial score (nSPS) is 11.4. The second kappa shape index (κ2) is 14.1. The summed E-state index contributed by atoms with van der Waals surface area (Å²) in [4.78, 5) is 2.32. The van der Waals surface area contributed by atoms with Crippen molar-refractivity contribution in [1.29, 1.82) is 0 Å². The van der Waals surface area contributed by atoms with E-state index in [4.69, 9.17) is 4.42 Å². The lowest BCUT2D eigenvalue weighted by atomic mass is 9.93. The summed E-state index contributed by atoms with van der Waals surface area (Å²) in [6.45, 7) is 0. The van der Waals surface area contributed by atoms with Crippen LogP contribution in [0.15, 0.2) is 229 Å². The third-order valence-electron chi connectivity index (χ3n) is 11.4. The number of benzene rings is 10. The Balaban J connectivity index is 0.962. The SMILES string of the molecule is c1ccc(-c2cccc(-c3cc4c5cc(-c6ccc(N(c7ccccc7)c7ccc(-c8ccc9ccccc9c8)cc7)cc6)ccc5oc4c4ccccc34)c2)cc1. The lowest BCUT2D eigenvalue weighted by Gasteiger charge is -2.26. The third-order valence-corrected chi connectivity index (χ3v) is 11.4. The zero-order valence-electron chi connectivity index (χ0n) is 31.7. The summed E-state index contributed by atoms with van der Waals surface area (Å²) in [5, 5.41) is 7.03. The van der Waals surface area contributed by atoms with Crippen LogP contribution in [0.25, 0.3) is 88.0 Å². The quantitative estimate of drug-likeness (QED) is 0.162. The molecule has 11 aromatic rings. The van der Waals surface area contributed by atoms with Crippen molar-refractivity contribution in [3.8, 4) is 44.5 Å². The van der Waals surface area contributed by atoms with Crippen molar-refractivity contribution in [3.63, 3.8) is 0 Å². The second-order valence-corrected chi connectivity index (χ2v) is 14.9. The molecule has 0 bridgehead atoms. The van der Waals surface area contributed by atoms with E-state index in [-0.39, 0.29) is 0 Å². The molecule has 0 spiro atoms. The summed E-state index contributed by atoms with van der Waals surface area (Å²) in [5.74, 6) is 0. The molecular formula is C56H37NO. The van der Waals surface area contributed by atoms with Gasteiger partial charge in [-0.25, -0.2) is 0 Å². The van der Waals surface area contributed by atoms with Crippen molar-refractivity contribution in [2.24, 2.45) is 0 Å². The molecule has 0 aliphatic rings. The van der Waals surface area contributed by atoms with Crippen LogP contribution in [0, 0.1) is 0 Å². The maximum atomic E-state index is 6.64. The molecule has 0 saturated carbocycles. The molecule has 0 unspecified atom stereocenters. The highest BCUT2D eigenvalue weighted by molar-refractivity contribution is 6.19. The highest BCUT2D eigenvalue weighted by Gasteiger charge is 2.17. The van der Waals surface area contributed by atoms with E-state index in [9.17, 15) is 0 Å². The van der Waals surface area contributed by atoms with Gasteiger partial charge in [0.15, 0.2) is 0 Å². The molecule has 0 radical (unpaired) electrons. The van der Waals surface area contributed by atoms with Crippen molar-refractivity contribution in [3.05, 3.63) is 224 Å². The topological polar surface area (TPSA) is 16.4 Å². The molecule has 0 saturated heterocycles. The number of hydrogen-bond acceptors (Lipinski definition) is 2. The highest BCUT2D eigenvalue weighted by Crippen LogP contribution is 2.42. The maximum Gasteiger partial charge on any atom is 0.143 e. The molecule has 272 valence electrons. The smallest absolute Gasteiger partial charge is 0.143 e. The highest BCUT2D eigenvalue weighted by atomic mass is 16.3. The zero-order chi connectivity index (χ0) is 38.4. The van der Waals surface area contributed by atoms with Crippen molar-refractivity contribution in [2.75, 3.05) is 4.90 Å². The Kier molecular flexibility index (Phi) is 8.19. The van der Waals surface area contributed by atoms with E-state index >= 15 is 0 Å². The van der Waals surface area contributed by atoms with Gasteiger partial charge >= 0.3 is 0 Å². The van der Waals surface area contributed by atoms with Crippen LogP contribution in [0.3, 0.4) is 0 Å². The molecule has 1 aromatic heterocycles. The van der Waals surface area contributed by atoms with Crippen LogP contribution in [0.1, 0.15) is 0 Å². The molecule has 0 fully saturated rings. The van der Waals surface area contributed by atoms with Gasteiger partial charge in [-0.05, 0) is 127 Å². The first-order valence-electron chi connectivity index (χ1n) is 19.8. The van der Waals surface area contributed by atoms with Gasteiger partial charge in [-0.3, -0.25) is 0 Å². The van der Waals surface area contributed by atoms with Crippen molar-refractivity contribution >= 4 is 60.5 Å². The Bertz CT molecular complexity index is 3250. The van der Waals surface area contributed by atoms with Crippen molar-refractivity contribution in [2.45, 2.75) is 0 Å². The lowest BCUT2D eigenvalue weighted by molar-refractivity contribution is 0.673.